The van der Waals surface area contributed by atoms with Gasteiger partial charge in [-0.2, -0.15) is 0 Å². The Labute approximate surface area is 117 Å². The lowest BCUT2D eigenvalue weighted by Gasteiger charge is -2.18. The van der Waals surface area contributed by atoms with Crippen LogP contribution in [0, 0.1) is 5.92 Å². The molecule has 0 heterocycles. The lowest BCUT2D eigenvalue weighted by atomic mass is 10.1. The minimum Gasteiger partial charge on any atom is -0.395 e. The van der Waals surface area contributed by atoms with Crippen LogP contribution >= 0.6 is 15.9 Å². The molecule has 0 saturated heterocycles. The van der Waals surface area contributed by atoms with Crippen molar-refractivity contribution in [3.63, 3.8) is 0 Å². The van der Waals surface area contributed by atoms with Crippen molar-refractivity contribution < 1.29 is 13.5 Å². The van der Waals surface area contributed by atoms with Gasteiger partial charge in [0.05, 0.1) is 11.5 Å². The van der Waals surface area contributed by atoms with E-state index < -0.39 is 16.1 Å². The number of nitrogens with one attached hydrogen (secondary N) is 1. The van der Waals surface area contributed by atoms with E-state index in [9.17, 15) is 13.5 Å². The molecule has 2 N–H and O–H groups in total. The van der Waals surface area contributed by atoms with Crippen LogP contribution in [0.5, 0.6) is 0 Å². The predicted molar refractivity (Wildman–Crippen MR) is 74.8 cm³/mol. The number of rotatable bonds is 6. The number of halogens is 1. The highest BCUT2D eigenvalue weighted by atomic mass is 79.9. The van der Waals surface area contributed by atoms with Crippen LogP contribution in [0.15, 0.2) is 33.6 Å². The Kier molecular flexibility index (Phi) is 5.78. The van der Waals surface area contributed by atoms with Gasteiger partial charge in [0.25, 0.3) is 0 Å². The van der Waals surface area contributed by atoms with E-state index in [4.69, 9.17) is 0 Å². The maximum atomic E-state index is 12.2. The van der Waals surface area contributed by atoms with Crippen LogP contribution in [0.1, 0.15) is 20.3 Å². The molecule has 6 heteroatoms. The Morgan fingerprint density at radius 2 is 1.94 bits per heavy atom. The maximum absolute atomic E-state index is 12.2. The lowest BCUT2D eigenvalue weighted by molar-refractivity contribution is 0.240. The topological polar surface area (TPSA) is 66.4 Å². The first-order chi connectivity index (χ1) is 8.36. The van der Waals surface area contributed by atoms with Gasteiger partial charge in [-0.15, -0.1) is 0 Å². The predicted octanol–water partition coefficient (Wildman–Crippen LogP) is 2.13. The highest BCUT2D eigenvalue weighted by Crippen LogP contribution is 2.21. The number of hydrogen-bond donors (Lipinski definition) is 2. The van der Waals surface area contributed by atoms with Crippen molar-refractivity contribution in [1.29, 1.82) is 0 Å². The van der Waals surface area contributed by atoms with Crippen molar-refractivity contribution in [2.45, 2.75) is 31.2 Å². The summed E-state index contributed by atoms with van der Waals surface area (Å²) < 4.78 is 27.3. The number of sulfonamides is 1. The van der Waals surface area contributed by atoms with E-state index in [0.717, 1.165) is 0 Å². The lowest BCUT2D eigenvalue weighted by Crippen LogP contribution is -2.38. The normalized spacial score (nSPS) is 13.8. The summed E-state index contributed by atoms with van der Waals surface area (Å²) >= 11 is 3.21. The first kappa shape index (κ1) is 15.6. The van der Waals surface area contributed by atoms with Crippen LogP contribution in [-0.2, 0) is 10.0 Å². The smallest absolute Gasteiger partial charge is 0.242 e. The highest BCUT2D eigenvalue weighted by Gasteiger charge is 2.22. The second kappa shape index (κ2) is 6.65. The first-order valence-electron chi connectivity index (χ1n) is 5.74. The Hall–Kier alpha value is -0.430. The van der Waals surface area contributed by atoms with Gasteiger partial charge in [-0.25, -0.2) is 13.1 Å². The largest absolute Gasteiger partial charge is 0.395 e. The average molecular weight is 336 g/mol. The van der Waals surface area contributed by atoms with Crippen molar-refractivity contribution in [3.8, 4) is 0 Å². The molecule has 18 heavy (non-hydrogen) atoms. The molecule has 0 amide bonds. The summed E-state index contributed by atoms with van der Waals surface area (Å²) in [5.41, 5.74) is 0. The van der Waals surface area contributed by atoms with Crippen molar-refractivity contribution in [1.82, 2.24) is 4.72 Å². The summed E-state index contributed by atoms with van der Waals surface area (Å²) in [5, 5.41) is 9.22. The standard InChI is InChI=1S/C12H18BrNO3S/c1-9(2)7-10(8-15)14-18(16,17)12-6-4-3-5-11(12)13/h3-6,9-10,14-15H,7-8H2,1-2H3. The Balaban J connectivity index is 2.91. The zero-order chi connectivity index (χ0) is 13.8. The van der Waals surface area contributed by atoms with Gasteiger partial charge in [-0.1, -0.05) is 26.0 Å². The molecular formula is C12H18BrNO3S. The molecule has 0 fully saturated rings. The number of hydrogen-bond acceptors (Lipinski definition) is 3. The van der Waals surface area contributed by atoms with Gasteiger partial charge >= 0.3 is 0 Å². The van der Waals surface area contributed by atoms with E-state index in [1.54, 1.807) is 18.2 Å². The quantitative estimate of drug-likeness (QED) is 0.836. The van der Waals surface area contributed by atoms with E-state index in [2.05, 4.69) is 20.7 Å². The molecule has 1 aromatic rings. The zero-order valence-electron chi connectivity index (χ0n) is 10.4. The molecule has 0 saturated carbocycles. The average Bonchev–Trinajstić information content (AvgIpc) is 2.27. The van der Waals surface area contributed by atoms with E-state index >= 15 is 0 Å². The fourth-order valence-corrected chi connectivity index (χ4v) is 3.92. The van der Waals surface area contributed by atoms with Crippen LogP contribution in [0.3, 0.4) is 0 Å². The molecule has 0 aliphatic heterocycles. The summed E-state index contributed by atoms with van der Waals surface area (Å²) in [6, 6.07) is 6.15. The Bertz CT molecular complexity index is 488. The third-order valence-corrected chi connectivity index (χ3v) is 4.96. The Morgan fingerprint density at radius 3 is 2.44 bits per heavy atom. The van der Waals surface area contributed by atoms with Gasteiger partial charge < -0.3 is 5.11 Å². The van der Waals surface area contributed by atoms with E-state index in [1.165, 1.54) is 6.07 Å². The Morgan fingerprint density at radius 1 is 1.33 bits per heavy atom. The molecule has 0 aliphatic rings. The van der Waals surface area contributed by atoms with Crippen LogP contribution in [0.2, 0.25) is 0 Å². The third kappa shape index (κ3) is 4.35. The monoisotopic (exact) mass is 335 g/mol. The number of benzene rings is 1. The zero-order valence-corrected chi connectivity index (χ0v) is 12.8. The SMILES string of the molecule is CC(C)CC(CO)NS(=O)(=O)c1ccccc1Br. The second-order valence-corrected chi connectivity index (χ2v) is 7.10. The van der Waals surface area contributed by atoms with Gasteiger partial charge in [0.15, 0.2) is 0 Å². The molecule has 1 aromatic carbocycles. The summed E-state index contributed by atoms with van der Waals surface area (Å²) in [7, 11) is -3.60. The number of aliphatic hydroxyl groups excluding tert-OH is 1. The van der Waals surface area contributed by atoms with Crippen molar-refractivity contribution in [2.75, 3.05) is 6.61 Å². The minimum absolute atomic E-state index is 0.187. The van der Waals surface area contributed by atoms with Crippen LogP contribution in [0.4, 0.5) is 0 Å². The molecule has 4 nitrogen and oxygen atoms in total. The van der Waals surface area contributed by atoms with Gasteiger partial charge in [0, 0.05) is 10.5 Å². The van der Waals surface area contributed by atoms with Crippen LogP contribution < -0.4 is 4.72 Å². The minimum atomic E-state index is -3.60. The van der Waals surface area contributed by atoms with Crippen LogP contribution in [0.25, 0.3) is 0 Å². The molecule has 0 aliphatic carbocycles. The molecule has 1 rings (SSSR count). The molecule has 102 valence electrons. The van der Waals surface area contributed by atoms with Crippen molar-refractivity contribution in [2.24, 2.45) is 5.92 Å². The molecule has 0 radical (unpaired) electrons. The molecule has 1 atom stereocenters. The van der Waals surface area contributed by atoms with Gasteiger partial charge in [0.2, 0.25) is 10.0 Å². The summed E-state index contributed by atoms with van der Waals surface area (Å²) in [6.07, 6.45) is 0.597. The van der Waals surface area contributed by atoms with E-state index in [-0.39, 0.29) is 11.5 Å². The van der Waals surface area contributed by atoms with Crippen molar-refractivity contribution >= 4 is 26.0 Å². The summed E-state index contributed by atoms with van der Waals surface area (Å²) in [6.45, 7) is 3.76. The van der Waals surface area contributed by atoms with E-state index in [0.29, 0.717) is 16.8 Å². The highest BCUT2D eigenvalue weighted by molar-refractivity contribution is 9.10. The molecular weight excluding hydrogens is 318 g/mol. The summed E-state index contributed by atoms with van der Waals surface area (Å²) in [4.78, 5) is 0.187. The van der Waals surface area contributed by atoms with Gasteiger partial charge in [-0.3, -0.25) is 0 Å². The molecule has 0 aromatic heterocycles. The fourth-order valence-electron chi connectivity index (χ4n) is 1.67. The molecule has 1 unspecified atom stereocenters. The third-order valence-electron chi connectivity index (χ3n) is 2.42. The van der Waals surface area contributed by atoms with Gasteiger partial charge in [0.1, 0.15) is 0 Å². The fraction of sp³-hybridized carbons (Fsp3) is 0.500. The van der Waals surface area contributed by atoms with Crippen molar-refractivity contribution in [3.05, 3.63) is 28.7 Å². The maximum Gasteiger partial charge on any atom is 0.242 e. The van der Waals surface area contributed by atoms with Gasteiger partial charge in [-0.05, 0) is 40.4 Å². The van der Waals surface area contributed by atoms with Crippen LogP contribution in [-0.4, -0.2) is 26.2 Å². The molecule has 0 spiro atoms. The number of aliphatic hydroxyl groups is 1. The first-order valence-corrected chi connectivity index (χ1v) is 8.02. The molecule has 0 bridgehead atoms. The van der Waals surface area contributed by atoms with E-state index in [1.807, 2.05) is 13.8 Å². The second-order valence-electron chi connectivity index (χ2n) is 4.56. The summed E-state index contributed by atoms with van der Waals surface area (Å²) in [5.74, 6) is 0.309.